The lowest BCUT2D eigenvalue weighted by Gasteiger charge is -2.22. The number of oxime groups is 1. The van der Waals surface area contributed by atoms with Crippen LogP contribution < -0.4 is 5.73 Å². The Morgan fingerprint density at radius 2 is 1.94 bits per heavy atom. The third-order valence-electron chi connectivity index (χ3n) is 2.57. The van der Waals surface area contributed by atoms with E-state index < -0.39 is 0 Å². The highest BCUT2D eigenvalue weighted by molar-refractivity contribution is 5.85. The quantitative estimate of drug-likeness (QED) is 0.214. The summed E-state index contributed by atoms with van der Waals surface area (Å²) in [5.74, 6) is 0.264. The summed E-state index contributed by atoms with van der Waals surface area (Å²) in [6.45, 7) is 9.81. The summed E-state index contributed by atoms with van der Waals surface area (Å²) in [6.07, 6.45) is 1.96. The van der Waals surface area contributed by atoms with Crippen molar-refractivity contribution in [3.63, 3.8) is 0 Å². The van der Waals surface area contributed by atoms with Gasteiger partial charge in [-0.15, -0.1) is 0 Å². The second kappa shape index (κ2) is 8.31. The van der Waals surface area contributed by atoms with Crippen molar-refractivity contribution in [2.75, 3.05) is 19.8 Å². The summed E-state index contributed by atoms with van der Waals surface area (Å²) in [7, 11) is 0. The Kier molecular flexibility index (Phi) is 7.91. The van der Waals surface area contributed by atoms with Crippen LogP contribution in [-0.4, -0.2) is 37.0 Å². The van der Waals surface area contributed by atoms with Crippen LogP contribution in [0.5, 0.6) is 0 Å². The van der Waals surface area contributed by atoms with Crippen molar-refractivity contribution >= 4 is 5.84 Å². The van der Waals surface area contributed by atoms with Gasteiger partial charge < -0.3 is 20.4 Å². The fourth-order valence-corrected chi connectivity index (χ4v) is 1.32. The molecule has 0 aliphatic heterocycles. The summed E-state index contributed by atoms with van der Waals surface area (Å²) >= 11 is 0. The molecule has 0 amide bonds. The second-order valence-electron chi connectivity index (χ2n) is 5.00. The number of nitrogens with zero attached hydrogens (tertiary/aromatic N) is 1. The van der Waals surface area contributed by atoms with Crippen LogP contribution in [0.15, 0.2) is 5.16 Å². The summed E-state index contributed by atoms with van der Waals surface area (Å²) in [6, 6.07) is 0. The Hall–Kier alpha value is -0.810. The molecular weight excluding hydrogens is 220 g/mol. The summed E-state index contributed by atoms with van der Waals surface area (Å²) in [5.41, 5.74) is 5.30. The Morgan fingerprint density at radius 3 is 2.47 bits per heavy atom. The molecule has 0 unspecified atom stereocenters. The molecule has 0 aromatic carbocycles. The summed E-state index contributed by atoms with van der Waals surface area (Å²) in [5, 5.41) is 11.7. The molecule has 0 saturated heterocycles. The van der Waals surface area contributed by atoms with Gasteiger partial charge in [0.05, 0.1) is 19.3 Å². The molecule has 0 fully saturated rings. The third-order valence-corrected chi connectivity index (χ3v) is 2.57. The van der Waals surface area contributed by atoms with E-state index in [2.05, 4.69) is 5.16 Å². The molecule has 0 bridgehead atoms. The van der Waals surface area contributed by atoms with Crippen LogP contribution in [0.1, 0.15) is 40.5 Å². The smallest absolute Gasteiger partial charge is 0.144 e. The van der Waals surface area contributed by atoms with Crippen molar-refractivity contribution in [2.24, 2.45) is 16.3 Å². The van der Waals surface area contributed by atoms with Crippen LogP contribution in [0.3, 0.4) is 0 Å². The van der Waals surface area contributed by atoms with Crippen molar-refractivity contribution in [3.8, 4) is 0 Å². The van der Waals surface area contributed by atoms with Gasteiger partial charge in [-0.3, -0.25) is 0 Å². The molecule has 5 nitrogen and oxygen atoms in total. The third kappa shape index (κ3) is 7.99. The van der Waals surface area contributed by atoms with E-state index in [1.807, 2.05) is 27.7 Å². The average molecular weight is 246 g/mol. The number of rotatable bonds is 9. The van der Waals surface area contributed by atoms with Gasteiger partial charge >= 0.3 is 0 Å². The number of hydrogen-bond acceptors (Lipinski definition) is 4. The first-order chi connectivity index (χ1) is 7.90. The Bertz CT molecular complexity index is 228. The first-order valence-corrected chi connectivity index (χ1v) is 6.07. The molecule has 0 aliphatic carbocycles. The standard InChI is InChI=1S/C12H26N2O3/c1-10(2)17-9-8-16-7-5-6-12(3,4)11(13)14-15/h10,15H,5-9H2,1-4H3,(H2,13,14). The lowest BCUT2D eigenvalue weighted by Crippen LogP contribution is -2.32. The molecule has 17 heavy (non-hydrogen) atoms. The molecule has 3 N–H and O–H groups in total. The minimum absolute atomic E-state index is 0.248. The topological polar surface area (TPSA) is 77.1 Å². The van der Waals surface area contributed by atoms with E-state index >= 15 is 0 Å². The van der Waals surface area contributed by atoms with E-state index in [9.17, 15) is 0 Å². The van der Waals surface area contributed by atoms with E-state index in [1.54, 1.807) is 0 Å². The molecule has 0 aromatic rings. The molecule has 0 aromatic heterocycles. The normalized spacial score (nSPS) is 13.4. The largest absolute Gasteiger partial charge is 0.409 e. The molecule has 0 atom stereocenters. The second-order valence-corrected chi connectivity index (χ2v) is 5.00. The molecule has 0 rings (SSSR count). The molecule has 0 aliphatic rings. The number of amidine groups is 1. The molecule has 102 valence electrons. The Balaban J connectivity index is 3.52. The molecule has 0 heterocycles. The predicted octanol–water partition coefficient (Wildman–Crippen LogP) is 1.98. The van der Waals surface area contributed by atoms with Crippen molar-refractivity contribution in [2.45, 2.75) is 46.6 Å². The Labute approximate surface area is 104 Å². The minimum Gasteiger partial charge on any atom is -0.409 e. The lowest BCUT2D eigenvalue weighted by atomic mass is 9.87. The molecule has 5 heteroatoms. The van der Waals surface area contributed by atoms with Crippen LogP contribution >= 0.6 is 0 Å². The van der Waals surface area contributed by atoms with Gasteiger partial charge in [-0.2, -0.15) is 0 Å². The maximum absolute atomic E-state index is 8.61. The van der Waals surface area contributed by atoms with E-state index in [1.165, 1.54) is 0 Å². The van der Waals surface area contributed by atoms with E-state index in [0.29, 0.717) is 19.8 Å². The fourth-order valence-electron chi connectivity index (χ4n) is 1.32. The molecular formula is C12H26N2O3. The van der Waals surface area contributed by atoms with Gasteiger partial charge in [-0.25, -0.2) is 0 Å². The van der Waals surface area contributed by atoms with Crippen LogP contribution in [0.4, 0.5) is 0 Å². The van der Waals surface area contributed by atoms with Crippen LogP contribution in [0, 0.1) is 5.41 Å². The highest BCUT2D eigenvalue weighted by atomic mass is 16.5. The zero-order valence-corrected chi connectivity index (χ0v) is 11.4. The van der Waals surface area contributed by atoms with Crippen molar-refractivity contribution in [1.82, 2.24) is 0 Å². The summed E-state index contributed by atoms with van der Waals surface area (Å²) < 4.78 is 10.8. The van der Waals surface area contributed by atoms with E-state index in [4.69, 9.17) is 20.4 Å². The monoisotopic (exact) mass is 246 g/mol. The van der Waals surface area contributed by atoms with Crippen molar-refractivity contribution in [1.29, 1.82) is 0 Å². The van der Waals surface area contributed by atoms with Gasteiger partial charge in [0.1, 0.15) is 5.84 Å². The highest BCUT2D eigenvalue weighted by Gasteiger charge is 2.22. The zero-order chi connectivity index (χ0) is 13.3. The SMILES string of the molecule is CC(C)OCCOCCCC(C)(C)C(N)=NO. The van der Waals surface area contributed by atoms with Crippen LogP contribution in [0.25, 0.3) is 0 Å². The van der Waals surface area contributed by atoms with Crippen LogP contribution in [0.2, 0.25) is 0 Å². The van der Waals surface area contributed by atoms with Gasteiger partial charge in [0.25, 0.3) is 0 Å². The first kappa shape index (κ1) is 16.2. The average Bonchev–Trinajstić information content (AvgIpc) is 2.26. The first-order valence-electron chi connectivity index (χ1n) is 6.07. The van der Waals surface area contributed by atoms with Crippen molar-refractivity contribution < 1.29 is 14.7 Å². The van der Waals surface area contributed by atoms with Crippen LogP contribution in [-0.2, 0) is 9.47 Å². The van der Waals surface area contributed by atoms with Crippen molar-refractivity contribution in [3.05, 3.63) is 0 Å². The Morgan fingerprint density at radius 1 is 1.29 bits per heavy atom. The van der Waals surface area contributed by atoms with Gasteiger partial charge in [0, 0.05) is 12.0 Å². The molecule has 0 radical (unpaired) electrons. The van der Waals surface area contributed by atoms with E-state index in [-0.39, 0.29) is 17.4 Å². The lowest BCUT2D eigenvalue weighted by molar-refractivity contribution is 0.0178. The maximum Gasteiger partial charge on any atom is 0.144 e. The molecule has 0 saturated carbocycles. The molecule has 0 spiro atoms. The number of nitrogens with two attached hydrogens (primary N) is 1. The minimum atomic E-state index is -0.285. The number of ether oxygens (including phenoxy) is 2. The van der Waals surface area contributed by atoms with E-state index in [0.717, 1.165) is 12.8 Å². The predicted molar refractivity (Wildman–Crippen MR) is 68.3 cm³/mol. The van der Waals surface area contributed by atoms with Gasteiger partial charge in [-0.1, -0.05) is 19.0 Å². The van der Waals surface area contributed by atoms with Gasteiger partial charge in [-0.05, 0) is 26.7 Å². The zero-order valence-electron chi connectivity index (χ0n) is 11.4. The van der Waals surface area contributed by atoms with Gasteiger partial charge in [0.2, 0.25) is 0 Å². The fraction of sp³-hybridized carbons (Fsp3) is 0.917. The number of hydrogen-bond donors (Lipinski definition) is 2. The summed E-state index contributed by atoms with van der Waals surface area (Å²) in [4.78, 5) is 0. The maximum atomic E-state index is 8.61. The van der Waals surface area contributed by atoms with Gasteiger partial charge in [0.15, 0.2) is 0 Å². The highest BCUT2D eigenvalue weighted by Crippen LogP contribution is 2.22.